The topological polar surface area (TPSA) is 175 Å². The molecule has 4 aromatic rings. The van der Waals surface area contributed by atoms with E-state index in [0.717, 1.165) is 95.9 Å². The first kappa shape index (κ1) is 38.6. The number of hydrogen-bond acceptors (Lipinski definition) is 8. The van der Waals surface area contributed by atoms with Gasteiger partial charge in [-0.25, -0.2) is 19.6 Å². The monoisotopic (exact) mass is 764 g/mol. The molecule has 0 spiro atoms. The van der Waals surface area contributed by atoms with E-state index in [-0.39, 0.29) is 29.8 Å². The zero-order valence-electron chi connectivity index (χ0n) is 32.8. The molecule has 0 saturated carbocycles. The Bertz CT molecular complexity index is 2070. The van der Waals surface area contributed by atoms with E-state index >= 15 is 0 Å². The number of carbonyl (C=O) groups is 4. The maximum absolute atomic E-state index is 13.6. The van der Waals surface area contributed by atoms with Crippen LogP contribution in [0.25, 0.3) is 33.6 Å². The Balaban J connectivity index is 1.06. The predicted octanol–water partition coefficient (Wildman–Crippen LogP) is 6.46. The van der Waals surface area contributed by atoms with E-state index in [1.54, 1.807) is 0 Å². The van der Waals surface area contributed by atoms with E-state index in [1.165, 1.54) is 19.8 Å². The molecule has 4 amide bonds. The number of nitrogens with zero attached hydrogens (tertiary/aromatic N) is 4. The first-order chi connectivity index (χ1) is 27.1. The smallest absolute Gasteiger partial charge is 0.407 e. The number of hydrogen-bond donors (Lipinski definition) is 4. The molecule has 4 heterocycles. The van der Waals surface area contributed by atoms with Gasteiger partial charge in [0.25, 0.3) is 0 Å². The fourth-order valence-electron chi connectivity index (χ4n) is 8.40. The van der Waals surface area contributed by atoms with Crippen LogP contribution in [0.5, 0.6) is 0 Å². The summed E-state index contributed by atoms with van der Waals surface area (Å²) < 4.78 is 9.52. The Labute approximate surface area is 327 Å². The van der Waals surface area contributed by atoms with Crippen LogP contribution in [0.2, 0.25) is 0 Å². The lowest BCUT2D eigenvalue weighted by molar-refractivity contribution is -0.135. The van der Waals surface area contributed by atoms with E-state index in [1.807, 2.05) is 36.8 Å². The number of benzene rings is 2. The van der Waals surface area contributed by atoms with E-state index in [4.69, 9.17) is 19.4 Å². The fourth-order valence-corrected chi connectivity index (χ4v) is 8.40. The summed E-state index contributed by atoms with van der Waals surface area (Å²) in [5, 5.41) is 5.38. The molecule has 2 saturated heterocycles. The minimum atomic E-state index is -0.685. The molecule has 4 N–H and O–H groups in total. The molecule has 0 unspecified atom stereocenters. The Kier molecular flexibility index (Phi) is 11.4. The van der Waals surface area contributed by atoms with Gasteiger partial charge in [0.15, 0.2) is 0 Å². The molecule has 7 rings (SSSR count). The SMILES string of the molecule is CC[C@H](NC(=O)OC)C(=O)N1CCC[C@H]1c1nc2c([nH]1)CCCc1cc(-c3ccc(-c4cnc([C@@H]5CCCN5C(=O)[C@@H](NC(=O)OC)C(C)C)[nH]4)cc3)ccc1-2. The Morgan fingerprint density at radius 1 is 0.804 bits per heavy atom. The summed E-state index contributed by atoms with van der Waals surface area (Å²) in [5.74, 6) is 1.17. The zero-order chi connectivity index (χ0) is 39.5. The minimum absolute atomic E-state index is 0.103. The first-order valence-corrected chi connectivity index (χ1v) is 19.8. The molecule has 1 aliphatic carbocycles. The second-order valence-corrected chi connectivity index (χ2v) is 15.3. The minimum Gasteiger partial charge on any atom is -0.453 e. The molecule has 2 aromatic heterocycles. The molecule has 14 nitrogen and oxygen atoms in total. The molecule has 2 aromatic carbocycles. The number of aromatic amines is 2. The number of aromatic nitrogens is 4. The van der Waals surface area contributed by atoms with Crippen molar-refractivity contribution < 1.29 is 28.7 Å². The lowest BCUT2D eigenvalue weighted by Crippen LogP contribution is -2.51. The normalized spacial score (nSPS) is 18.8. The third kappa shape index (κ3) is 7.74. The van der Waals surface area contributed by atoms with Crippen molar-refractivity contribution in [1.29, 1.82) is 0 Å². The molecular weight excluding hydrogens is 713 g/mol. The lowest BCUT2D eigenvalue weighted by Gasteiger charge is -2.30. The number of amides is 4. The largest absolute Gasteiger partial charge is 0.453 e. The average molecular weight is 765 g/mol. The zero-order valence-corrected chi connectivity index (χ0v) is 32.8. The van der Waals surface area contributed by atoms with Gasteiger partial charge in [0.2, 0.25) is 11.8 Å². The van der Waals surface area contributed by atoms with Gasteiger partial charge in [0.05, 0.1) is 43.9 Å². The third-order valence-corrected chi connectivity index (χ3v) is 11.4. The van der Waals surface area contributed by atoms with Gasteiger partial charge in [-0.05, 0) is 79.5 Å². The Hall–Kier alpha value is -5.66. The second kappa shape index (κ2) is 16.6. The highest BCUT2D eigenvalue weighted by Gasteiger charge is 2.38. The molecule has 14 heteroatoms. The van der Waals surface area contributed by atoms with Gasteiger partial charge in [-0.3, -0.25) is 9.59 Å². The number of alkyl carbamates (subject to hydrolysis) is 2. The van der Waals surface area contributed by atoms with Crippen LogP contribution in [0.1, 0.15) is 94.3 Å². The van der Waals surface area contributed by atoms with Crippen molar-refractivity contribution in [2.75, 3.05) is 27.3 Å². The van der Waals surface area contributed by atoms with Crippen molar-refractivity contribution >= 4 is 24.0 Å². The van der Waals surface area contributed by atoms with Crippen LogP contribution in [0.3, 0.4) is 0 Å². The van der Waals surface area contributed by atoms with Crippen LogP contribution in [0.4, 0.5) is 9.59 Å². The first-order valence-electron chi connectivity index (χ1n) is 19.8. The second-order valence-electron chi connectivity index (χ2n) is 15.3. The summed E-state index contributed by atoms with van der Waals surface area (Å²) in [6.07, 6.45) is 7.14. The van der Waals surface area contributed by atoms with Crippen LogP contribution in [-0.4, -0.2) is 93.1 Å². The number of methoxy groups -OCH3 is 2. The molecular formula is C42H52N8O6. The molecule has 296 valence electrons. The number of fused-ring (bicyclic) bond motifs is 3. The number of likely N-dealkylation sites (tertiary alicyclic amines) is 2. The lowest BCUT2D eigenvalue weighted by atomic mass is 9.95. The summed E-state index contributed by atoms with van der Waals surface area (Å²) in [5.41, 5.74) is 8.48. The Morgan fingerprint density at radius 3 is 2.12 bits per heavy atom. The summed E-state index contributed by atoms with van der Waals surface area (Å²) in [7, 11) is 2.59. The van der Waals surface area contributed by atoms with Crippen LogP contribution in [-0.2, 0) is 31.9 Å². The summed E-state index contributed by atoms with van der Waals surface area (Å²) in [4.78, 5) is 71.5. The van der Waals surface area contributed by atoms with Crippen LogP contribution in [0, 0.1) is 5.92 Å². The summed E-state index contributed by atoms with van der Waals surface area (Å²) in [6, 6.07) is 13.3. The van der Waals surface area contributed by atoms with Gasteiger partial charge in [0.1, 0.15) is 23.7 Å². The number of H-pyrrole nitrogens is 2. The Morgan fingerprint density at radius 2 is 1.45 bits per heavy atom. The van der Waals surface area contributed by atoms with Crippen molar-refractivity contribution in [2.45, 2.75) is 96.3 Å². The third-order valence-electron chi connectivity index (χ3n) is 11.4. The van der Waals surface area contributed by atoms with Gasteiger partial charge in [0, 0.05) is 24.3 Å². The highest BCUT2D eigenvalue weighted by Crippen LogP contribution is 2.39. The molecule has 0 bridgehead atoms. The highest BCUT2D eigenvalue weighted by molar-refractivity contribution is 5.87. The number of nitrogens with one attached hydrogen (secondary N) is 4. The average Bonchev–Trinajstić information content (AvgIpc) is 4.04. The number of imidazole rings is 2. The van der Waals surface area contributed by atoms with Crippen molar-refractivity contribution in [3.8, 4) is 33.6 Å². The number of carbonyl (C=O) groups excluding carboxylic acids is 4. The van der Waals surface area contributed by atoms with Gasteiger partial charge in [-0.1, -0.05) is 63.2 Å². The van der Waals surface area contributed by atoms with Crippen LogP contribution in [0.15, 0.2) is 48.7 Å². The number of rotatable bonds is 10. The van der Waals surface area contributed by atoms with Gasteiger partial charge < -0.3 is 39.9 Å². The molecule has 3 aliphatic rings. The van der Waals surface area contributed by atoms with Crippen molar-refractivity contribution in [3.05, 3.63) is 71.6 Å². The van der Waals surface area contributed by atoms with Gasteiger partial charge >= 0.3 is 12.2 Å². The maximum Gasteiger partial charge on any atom is 0.407 e. The maximum atomic E-state index is 13.6. The number of aryl methyl sites for hydroxylation is 2. The van der Waals surface area contributed by atoms with Gasteiger partial charge in [-0.2, -0.15) is 0 Å². The van der Waals surface area contributed by atoms with E-state index in [0.29, 0.717) is 19.5 Å². The predicted molar refractivity (Wildman–Crippen MR) is 210 cm³/mol. The molecule has 2 fully saturated rings. The van der Waals surface area contributed by atoms with Crippen molar-refractivity contribution in [1.82, 2.24) is 40.4 Å². The summed E-state index contributed by atoms with van der Waals surface area (Å²) in [6.45, 7) is 6.90. The fraction of sp³-hybridized carbons (Fsp3) is 0.476. The van der Waals surface area contributed by atoms with Crippen molar-refractivity contribution in [3.63, 3.8) is 0 Å². The summed E-state index contributed by atoms with van der Waals surface area (Å²) >= 11 is 0. The highest BCUT2D eigenvalue weighted by atomic mass is 16.5. The molecule has 4 atom stereocenters. The van der Waals surface area contributed by atoms with Crippen molar-refractivity contribution in [2.24, 2.45) is 5.92 Å². The quantitative estimate of drug-likeness (QED) is 0.142. The van der Waals surface area contributed by atoms with E-state index in [2.05, 4.69) is 63.1 Å². The standard InChI is InChI=1S/C42H52N8O6/c1-6-30(46-41(53)55-4)39(51)49-20-9-13-34(49)38-44-31-11-7-10-28-22-27(18-19-29(28)36(31)47-38)25-14-16-26(17-15-25)32-23-43-37(45-32)33-12-8-21-50(33)40(52)35(24(2)3)48-42(54)56-5/h14-19,22-24,30,33-35H,6-13,20-21H2,1-5H3,(H,43,45)(H,44,47)(H,46,53)(H,48,54)/t30-,33-,34-,35-/m0/s1. The molecule has 2 aliphatic heterocycles. The molecule has 56 heavy (non-hydrogen) atoms. The van der Waals surface area contributed by atoms with Crippen LogP contribution >= 0.6 is 0 Å². The van der Waals surface area contributed by atoms with E-state index in [9.17, 15) is 19.2 Å². The number of ether oxygens (including phenoxy) is 2. The molecule has 0 radical (unpaired) electrons. The van der Waals surface area contributed by atoms with Crippen LogP contribution < -0.4 is 10.6 Å². The van der Waals surface area contributed by atoms with Gasteiger partial charge in [-0.15, -0.1) is 0 Å². The van der Waals surface area contributed by atoms with E-state index < -0.39 is 24.3 Å².